The molecule has 1 aromatic carbocycles. The molecule has 0 unspecified atom stereocenters. The summed E-state index contributed by atoms with van der Waals surface area (Å²) in [6, 6.07) is 10.1. The average Bonchev–Trinajstić information content (AvgIpc) is 2.27. The minimum absolute atomic E-state index is 0.230. The van der Waals surface area contributed by atoms with Crippen molar-refractivity contribution >= 4 is 19.2 Å². The van der Waals surface area contributed by atoms with Crippen molar-refractivity contribution in [2.24, 2.45) is 0 Å². The van der Waals surface area contributed by atoms with Crippen molar-refractivity contribution in [3.8, 4) is 0 Å². The minimum Gasteiger partial charge on any atom is -0.466 e. The molecule has 1 rings (SSSR count). The molecule has 0 bridgehead atoms. The van der Waals surface area contributed by atoms with Crippen LogP contribution >= 0.6 is 0 Å². The molecular formula is C14H20O2Si. The molecule has 0 heterocycles. The van der Waals surface area contributed by atoms with Crippen LogP contribution in [0.15, 0.2) is 35.9 Å². The standard InChI is InChI=1S/C14H20O2Si/c1-11(14(15)16-2)13(17(3,4)5)12-9-7-6-8-10-12/h6-10H,1-5H3/b13-11-. The Labute approximate surface area is 104 Å². The molecule has 17 heavy (non-hydrogen) atoms. The molecule has 0 aliphatic heterocycles. The summed E-state index contributed by atoms with van der Waals surface area (Å²) in [4.78, 5) is 11.7. The van der Waals surface area contributed by atoms with Crippen LogP contribution in [0.4, 0.5) is 0 Å². The summed E-state index contributed by atoms with van der Waals surface area (Å²) >= 11 is 0. The Kier molecular flexibility index (Phi) is 4.29. The van der Waals surface area contributed by atoms with Crippen molar-refractivity contribution in [1.29, 1.82) is 0 Å². The molecule has 3 heteroatoms. The predicted molar refractivity (Wildman–Crippen MR) is 74.4 cm³/mol. The Morgan fingerprint density at radius 1 is 1.12 bits per heavy atom. The van der Waals surface area contributed by atoms with E-state index >= 15 is 0 Å². The Morgan fingerprint density at radius 3 is 2.06 bits per heavy atom. The number of methoxy groups -OCH3 is 1. The topological polar surface area (TPSA) is 26.3 Å². The average molecular weight is 248 g/mol. The van der Waals surface area contributed by atoms with Crippen LogP contribution in [-0.2, 0) is 9.53 Å². The van der Waals surface area contributed by atoms with E-state index in [-0.39, 0.29) is 5.97 Å². The largest absolute Gasteiger partial charge is 0.466 e. The van der Waals surface area contributed by atoms with E-state index in [1.807, 2.05) is 25.1 Å². The van der Waals surface area contributed by atoms with Crippen molar-refractivity contribution < 1.29 is 9.53 Å². The lowest BCUT2D eigenvalue weighted by Gasteiger charge is -2.23. The Balaban J connectivity index is 3.38. The molecule has 0 aliphatic carbocycles. The highest BCUT2D eigenvalue weighted by Crippen LogP contribution is 2.29. The fourth-order valence-electron chi connectivity index (χ4n) is 2.07. The van der Waals surface area contributed by atoms with Crippen LogP contribution in [0, 0.1) is 0 Å². The van der Waals surface area contributed by atoms with Crippen LogP contribution in [-0.4, -0.2) is 21.2 Å². The summed E-state index contributed by atoms with van der Waals surface area (Å²) in [5, 5.41) is 1.17. The summed E-state index contributed by atoms with van der Waals surface area (Å²) in [5.41, 5.74) is 1.87. The third-order valence-corrected chi connectivity index (χ3v) is 4.84. The zero-order valence-electron chi connectivity index (χ0n) is 11.2. The molecule has 0 spiro atoms. The second-order valence-corrected chi connectivity index (χ2v) is 10.1. The lowest BCUT2D eigenvalue weighted by atomic mass is 10.1. The van der Waals surface area contributed by atoms with Crippen molar-refractivity contribution in [2.45, 2.75) is 26.6 Å². The smallest absolute Gasteiger partial charge is 0.333 e. The first kappa shape index (κ1) is 13.7. The van der Waals surface area contributed by atoms with E-state index in [0.717, 1.165) is 11.1 Å². The minimum atomic E-state index is -1.59. The zero-order valence-corrected chi connectivity index (χ0v) is 12.2. The van der Waals surface area contributed by atoms with E-state index in [0.29, 0.717) is 0 Å². The molecule has 0 saturated carbocycles. The maximum absolute atomic E-state index is 11.7. The van der Waals surface area contributed by atoms with Gasteiger partial charge in [-0.25, -0.2) is 4.79 Å². The fourth-order valence-corrected chi connectivity index (χ4v) is 4.33. The molecule has 0 atom stereocenters. The number of hydrogen-bond acceptors (Lipinski definition) is 2. The number of carbonyl (C=O) groups excluding carboxylic acids is 1. The highest BCUT2D eigenvalue weighted by atomic mass is 28.3. The Morgan fingerprint density at radius 2 is 1.65 bits per heavy atom. The van der Waals surface area contributed by atoms with E-state index in [4.69, 9.17) is 4.74 Å². The van der Waals surface area contributed by atoms with Gasteiger partial charge in [0.2, 0.25) is 0 Å². The molecule has 0 fully saturated rings. The monoisotopic (exact) mass is 248 g/mol. The number of ether oxygens (including phenoxy) is 1. The maximum Gasteiger partial charge on any atom is 0.333 e. The van der Waals surface area contributed by atoms with Gasteiger partial charge in [0, 0.05) is 5.57 Å². The second kappa shape index (κ2) is 5.32. The van der Waals surface area contributed by atoms with Crippen LogP contribution in [0.1, 0.15) is 12.5 Å². The van der Waals surface area contributed by atoms with Crippen LogP contribution in [0.5, 0.6) is 0 Å². The number of rotatable bonds is 3. The quantitative estimate of drug-likeness (QED) is 0.465. The van der Waals surface area contributed by atoms with Gasteiger partial charge in [-0.2, -0.15) is 0 Å². The van der Waals surface area contributed by atoms with Gasteiger partial charge in [0.1, 0.15) is 0 Å². The van der Waals surface area contributed by atoms with Gasteiger partial charge in [-0.05, 0) is 17.7 Å². The first-order valence-electron chi connectivity index (χ1n) is 5.73. The predicted octanol–water partition coefficient (Wildman–Crippen LogP) is 3.51. The van der Waals surface area contributed by atoms with Gasteiger partial charge in [-0.15, -0.1) is 0 Å². The normalized spacial score (nSPS) is 13.0. The number of hydrogen-bond donors (Lipinski definition) is 0. The summed E-state index contributed by atoms with van der Waals surface area (Å²) in [6.45, 7) is 8.57. The Hall–Kier alpha value is -1.35. The van der Waals surface area contributed by atoms with Crippen LogP contribution < -0.4 is 0 Å². The number of carbonyl (C=O) groups is 1. The molecule has 0 saturated heterocycles. The SMILES string of the molecule is COC(=O)/C(C)=C(/c1ccccc1)[Si](C)(C)C. The Bertz CT molecular complexity index is 427. The van der Waals surface area contributed by atoms with Crippen LogP contribution in [0.3, 0.4) is 0 Å². The molecule has 0 amide bonds. The molecule has 1 aromatic rings. The molecule has 0 aromatic heterocycles. The van der Waals surface area contributed by atoms with Gasteiger partial charge in [0.25, 0.3) is 0 Å². The van der Waals surface area contributed by atoms with E-state index in [9.17, 15) is 4.79 Å². The second-order valence-electron chi connectivity index (χ2n) is 5.11. The summed E-state index contributed by atoms with van der Waals surface area (Å²) in [6.07, 6.45) is 0. The molecule has 0 aliphatic rings. The van der Waals surface area contributed by atoms with Crippen molar-refractivity contribution in [3.05, 3.63) is 41.5 Å². The molecular weight excluding hydrogens is 228 g/mol. The number of benzene rings is 1. The van der Waals surface area contributed by atoms with Gasteiger partial charge < -0.3 is 4.74 Å². The molecule has 92 valence electrons. The highest BCUT2D eigenvalue weighted by molar-refractivity contribution is 6.94. The first-order chi connectivity index (χ1) is 7.88. The lowest BCUT2D eigenvalue weighted by Crippen LogP contribution is -2.26. The van der Waals surface area contributed by atoms with Crippen molar-refractivity contribution in [2.75, 3.05) is 7.11 Å². The molecule has 0 N–H and O–H groups in total. The van der Waals surface area contributed by atoms with Crippen LogP contribution in [0.25, 0.3) is 5.20 Å². The highest BCUT2D eigenvalue weighted by Gasteiger charge is 2.25. The number of esters is 1. The van der Waals surface area contributed by atoms with Gasteiger partial charge >= 0.3 is 5.97 Å². The maximum atomic E-state index is 11.7. The van der Waals surface area contributed by atoms with Crippen molar-refractivity contribution in [1.82, 2.24) is 0 Å². The van der Waals surface area contributed by atoms with Crippen molar-refractivity contribution in [3.63, 3.8) is 0 Å². The van der Waals surface area contributed by atoms with Gasteiger partial charge in [0.15, 0.2) is 0 Å². The van der Waals surface area contributed by atoms with E-state index in [2.05, 4.69) is 31.8 Å². The van der Waals surface area contributed by atoms with E-state index in [1.54, 1.807) is 0 Å². The molecule has 2 nitrogen and oxygen atoms in total. The van der Waals surface area contributed by atoms with Crippen LogP contribution in [0.2, 0.25) is 19.6 Å². The fraction of sp³-hybridized carbons (Fsp3) is 0.357. The lowest BCUT2D eigenvalue weighted by molar-refractivity contribution is -0.135. The van der Waals surface area contributed by atoms with E-state index in [1.165, 1.54) is 12.3 Å². The summed E-state index contributed by atoms with van der Waals surface area (Å²) < 4.78 is 4.84. The van der Waals surface area contributed by atoms with Gasteiger partial charge in [-0.3, -0.25) is 0 Å². The first-order valence-corrected chi connectivity index (χ1v) is 9.23. The van der Waals surface area contributed by atoms with E-state index < -0.39 is 8.07 Å². The van der Waals surface area contributed by atoms with Gasteiger partial charge in [0.05, 0.1) is 15.2 Å². The molecule has 0 radical (unpaired) electrons. The zero-order chi connectivity index (χ0) is 13.1. The third kappa shape index (κ3) is 3.30. The summed E-state index contributed by atoms with van der Waals surface area (Å²) in [7, 11) is -0.162. The third-order valence-electron chi connectivity index (χ3n) is 2.68. The van der Waals surface area contributed by atoms with Gasteiger partial charge in [-0.1, -0.05) is 50.0 Å². The summed E-state index contributed by atoms with van der Waals surface area (Å²) in [5.74, 6) is -0.230.